The average Bonchev–Trinajstić information content (AvgIpc) is 3.50. The van der Waals surface area contributed by atoms with Crippen LogP contribution in [0.15, 0.2) is 48.5 Å². The van der Waals surface area contributed by atoms with Crippen LogP contribution in [0.25, 0.3) is 16.6 Å². The number of benzene rings is 2. The minimum Gasteiger partial charge on any atom is -0.489 e. The number of hydrogen-bond acceptors (Lipinski definition) is 11. The minimum atomic E-state index is -1.77. The van der Waals surface area contributed by atoms with Crippen LogP contribution in [0.3, 0.4) is 0 Å². The Hall–Kier alpha value is -5.50. The van der Waals surface area contributed by atoms with E-state index in [0.717, 1.165) is 27.6 Å². The van der Waals surface area contributed by atoms with E-state index in [1.807, 2.05) is 36.4 Å². The zero-order valence-corrected chi connectivity index (χ0v) is 33.8. The molecule has 3 aliphatic heterocycles. The lowest BCUT2D eigenvalue weighted by molar-refractivity contribution is -0.190. The highest BCUT2D eigenvalue weighted by Gasteiger charge is 2.56. The molecule has 0 bridgehead atoms. The lowest BCUT2D eigenvalue weighted by Gasteiger charge is -2.44. The third kappa shape index (κ3) is 8.90. The van der Waals surface area contributed by atoms with Crippen molar-refractivity contribution in [3.8, 4) is 5.75 Å². The van der Waals surface area contributed by atoms with Gasteiger partial charge in [0.2, 0.25) is 11.8 Å². The Kier molecular flexibility index (Phi) is 11.4. The van der Waals surface area contributed by atoms with Crippen LogP contribution in [-0.4, -0.2) is 74.3 Å². The summed E-state index contributed by atoms with van der Waals surface area (Å²) in [7, 11) is 0. The van der Waals surface area contributed by atoms with Gasteiger partial charge in [0.1, 0.15) is 36.2 Å². The van der Waals surface area contributed by atoms with Crippen molar-refractivity contribution < 1.29 is 48.0 Å². The highest BCUT2D eigenvalue weighted by Crippen LogP contribution is 2.47. The molecule has 3 N–H and O–H groups in total. The molecule has 304 valence electrons. The Morgan fingerprint density at radius 1 is 1.02 bits per heavy atom. The van der Waals surface area contributed by atoms with Gasteiger partial charge in [-0.25, -0.2) is 19.4 Å². The number of aliphatic hydroxyl groups is 1. The van der Waals surface area contributed by atoms with E-state index in [1.54, 1.807) is 65.5 Å². The van der Waals surface area contributed by atoms with Gasteiger partial charge in [-0.3, -0.25) is 9.59 Å². The summed E-state index contributed by atoms with van der Waals surface area (Å²) in [5, 5.41) is 17.5. The van der Waals surface area contributed by atoms with Crippen molar-refractivity contribution in [3.05, 3.63) is 70.9 Å². The summed E-state index contributed by atoms with van der Waals surface area (Å²) in [4.78, 5) is 71.1. The van der Waals surface area contributed by atoms with Crippen LogP contribution in [0.5, 0.6) is 5.75 Å². The minimum absolute atomic E-state index is 0.00577. The number of nitrogens with zero attached hydrogens (tertiary/aromatic N) is 2. The summed E-state index contributed by atoms with van der Waals surface area (Å²) in [6.45, 7) is 14.6. The number of pyridine rings is 1. The van der Waals surface area contributed by atoms with Crippen molar-refractivity contribution in [2.75, 3.05) is 11.9 Å². The number of amides is 3. The lowest BCUT2D eigenvalue weighted by Crippen LogP contribution is -2.58. The average molecular weight is 785 g/mol. The smallest absolute Gasteiger partial charge is 0.408 e. The zero-order valence-electron chi connectivity index (χ0n) is 33.8. The Morgan fingerprint density at radius 3 is 2.37 bits per heavy atom. The van der Waals surface area contributed by atoms with Crippen LogP contribution in [-0.2, 0) is 53.0 Å². The van der Waals surface area contributed by atoms with Crippen LogP contribution < -0.4 is 15.4 Å². The van der Waals surface area contributed by atoms with Crippen molar-refractivity contribution in [2.45, 2.75) is 117 Å². The molecule has 14 nitrogen and oxygen atoms in total. The molecule has 3 amide bonds. The number of hydrogen-bond donors (Lipinski definition) is 3. The van der Waals surface area contributed by atoms with Crippen molar-refractivity contribution >= 4 is 52.1 Å². The van der Waals surface area contributed by atoms with E-state index >= 15 is 0 Å². The molecule has 1 fully saturated rings. The van der Waals surface area contributed by atoms with E-state index in [9.17, 15) is 29.1 Å². The molecule has 1 saturated heterocycles. The maximum absolute atomic E-state index is 13.7. The Balaban J connectivity index is 1.10. The highest BCUT2D eigenvalue weighted by atomic mass is 16.6. The molecule has 0 saturated carbocycles. The Labute approximate surface area is 332 Å². The van der Waals surface area contributed by atoms with Gasteiger partial charge in [-0.05, 0) is 102 Å². The summed E-state index contributed by atoms with van der Waals surface area (Å²) >= 11 is 0. The molecule has 3 aromatic rings. The van der Waals surface area contributed by atoms with E-state index in [-0.39, 0.29) is 44.3 Å². The molecule has 6 rings (SSSR count). The third-order valence-corrected chi connectivity index (χ3v) is 10.3. The number of ether oxygens (including phenoxy) is 4. The number of carbonyl (C=O) groups is 5. The van der Waals surface area contributed by atoms with E-state index in [2.05, 4.69) is 17.6 Å². The quantitative estimate of drug-likeness (QED) is 0.154. The number of aryl methyl sites for hydroxylation is 1. The van der Waals surface area contributed by atoms with E-state index in [4.69, 9.17) is 23.9 Å². The van der Waals surface area contributed by atoms with E-state index in [1.165, 1.54) is 0 Å². The number of esters is 2. The largest absolute Gasteiger partial charge is 0.489 e. The maximum Gasteiger partial charge on any atom is 0.408 e. The van der Waals surface area contributed by atoms with Gasteiger partial charge in [0.25, 0.3) is 0 Å². The monoisotopic (exact) mass is 784 g/mol. The molecule has 0 spiro atoms. The van der Waals surface area contributed by atoms with Crippen molar-refractivity contribution in [1.82, 2.24) is 15.2 Å². The number of aromatic nitrogens is 1. The summed E-state index contributed by atoms with van der Waals surface area (Å²) < 4.78 is 22.2. The first kappa shape index (κ1) is 41.1. The summed E-state index contributed by atoms with van der Waals surface area (Å²) in [5.41, 5.74) is 2.11. The predicted molar refractivity (Wildman–Crippen MR) is 210 cm³/mol. The van der Waals surface area contributed by atoms with Gasteiger partial charge in [-0.2, -0.15) is 0 Å². The third-order valence-electron chi connectivity index (χ3n) is 10.3. The normalized spacial score (nSPS) is 20.7. The van der Waals surface area contributed by atoms with Gasteiger partial charge < -0.3 is 39.6 Å². The van der Waals surface area contributed by atoms with Crippen LogP contribution in [0.4, 0.5) is 10.5 Å². The number of fused-ring (bicyclic) bond motifs is 5. The van der Waals surface area contributed by atoms with Gasteiger partial charge in [-0.1, -0.05) is 32.1 Å². The molecular weight excluding hydrogens is 732 g/mol. The number of anilines is 1. The predicted octanol–water partition coefficient (Wildman–Crippen LogP) is 5.96. The highest BCUT2D eigenvalue weighted by molar-refractivity contribution is 5.98. The first-order chi connectivity index (χ1) is 26.8. The second kappa shape index (κ2) is 15.8. The molecule has 4 heterocycles. The van der Waals surface area contributed by atoms with Crippen molar-refractivity contribution in [1.29, 1.82) is 0 Å². The molecular formula is C43H52N4O10. The molecule has 4 atom stereocenters. The zero-order chi connectivity index (χ0) is 41.4. The topological polar surface area (TPSA) is 183 Å². The first-order valence-electron chi connectivity index (χ1n) is 19.4. The maximum atomic E-state index is 13.7. The summed E-state index contributed by atoms with van der Waals surface area (Å²) in [6, 6.07) is 11.8. The van der Waals surface area contributed by atoms with Gasteiger partial charge in [-0.15, -0.1) is 0 Å². The summed E-state index contributed by atoms with van der Waals surface area (Å²) in [6.07, 6.45) is 1.81. The van der Waals surface area contributed by atoms with Crippen molar-refractivity contribution in [3.63, 3.8) is 0 Å². The Morgan fingerprint density at radius 2 is 1.72 bits per heavy atom. The molecule has 1 aromatic heterocycles. The SMILES string of the molecule is CCc1c2c(nc3ccc(OCc4ccc(NC(=O)CC[C@H](NC(=O)OC(C)(C)C)C(=O)OC(C)(C)C)cc4)cc13)C1=CC3C(COC(=O)[C@]3(O)CC)C(=O)N1C2. The van der Waals surface area contributed by atoms with E-state index < -0.39 is 52.7 Å². The van der Waals surface area contributed by atoms with Crippen LogP contribution in [0, 0.1) is 11.8 Å². The fourth-order valence-electron chi connectivity index (χ4n) is 7.47. The molecule has 3 aliphatic rings. The lowest BCUT2D eigenvalue weighted by atomic mass is 9.72. The van der Waals surface area contributed by atoms with Crippen molar-refractivity contribution in [2.24, 2.45) is 11.8 Å². The van der Waals surface area contributed by atoms with Crippen LogP contribution in [0.2, 0.25) is 0 Å². The fraction of sp³-hybridized carbons (Fsp3) is 0.488. The Bertz CT molecular complexity index is 2120. The number of carbonyl (C=O) groups excluding carboxylic acids is 5. The molecule has 57 heavy (non-hydrogen) atoms. The van der Waals surface area contributed by atoms with Gasteiger partial charge in [0.05, 0.1) is 29.4 Å². The second-order valence-corrected chi connectivity index (χ2v) is 16.7. The number of alkyl carbamates (subject to hydrolysis) is 1. The molecule has 0 radical (unpaired) electrons. The van der Waals surface area contributed by atoms with Gasteiger partial charge in [0, 0.05) is 29.0 Å². The van der Waals surface area contributed by atoms with E-state index in [0.29, 0.717) is 35.8 Å². The molecule has 2 aromatic carbocycles. The molecule has 2 unspecified atom stereocenters. The fourth-order valence-corrected chi connectivity index (χ4v) is 7.47. The molecule has 14 heteroatoms. The van der Waals surface area contributed by atoms with Gasteiger partial charge >= 0.3 is 18.0 Å². The van der Waals surface area contributed by atoms with Crippen LogP contribution in [0.1, 0.15) is 97.0 Å². The van der Waals surface area contributed by atoms with Gasteiger partial charge in [0.15, 0.2) is 5.60 Å². The number of nitrogens with one attached hydrogen (secondary N) is 2. The van der Waals surface area contributed by atoms with Crippen LogP contribution >= 0.6 is 0 Å². The number of rotatable bonds is 11. The summed E-state index contributed by atoms with van der Waals surface area (Å²) in [5.74, 6) is -2.61. The standard InChI is InChI=1S/C43H52N4O10/c1-9-27-28-19-26(15-16-32(28)45-36-29(27)21-47-34(36)20-31-30(37(47)49)23-55-39(51)43(31,53)10-2)54-22-24-11-13-25(14-12-24)44-35(48)18-17-33(38(50)56-41(3,4)5)46-40(52)57-42(6,7)8/h11-16,19-20,30-31,33,53H,9-10,17-18,21-23H2,1-8H3,(H,44,48)(H,46,52)/t30?,31?,33-,43-/m0/s1. The number of cyclic esters (lactones) is 1. The molecule has 0 aliphatic carbocycles. The second-order valence-electron chi connectivity index (χ2n) is 16.7. The first-order valence-corrected chi connectivity index (χ1v) is 19.4.